The monoisotopic (exact) mass is 437 g/mol. The van der Waals surface area contributed by atoms with Gasteiger partial charge in [-0.15, -0.1) is 11.3 Å². The molecule has 2 heterocycles. The number of fused-ring (bicyclic) bond motifs is 1. The highest BCUT2D eigenvalue weighted by atomic mass is 32.1. The van der Waals surface area contributed by atoms with Gasteiger partial charge in [-0.1, -0.05) is 64.7 Å². The molecule has 1 aromatic carbocycles. The number of benzene rings is 1. The van der Waals surface area contributed by atoms with Crippen LogP contribution in [-0.4, -0.2) is 4.98 Å². The fourth-order valence-electron chi connectivity index (χ4n) is 3.78. The van der Waals surface area contributed by atoms with E-state index in [2.05, 4.69) is 18.0 Å². The van der Waals surface area contributed by atoms with Crippen LogP contribution >= 0.6 is 11.3 Å². The Morgan fingerprint density at radius 2 is 1.61 bits per heavy atom. The number of anilines is 1. The fraction of sp³-hybridized carbons (Fsp3) is 0.480. The summed E-state index contributed by atoms with van der Waals surface area (Å²) < 4.78 is 5.43. The van der Waals surface area contributed by atoms with Crippen molar-refractivity contribution in [1.29, 1.82) is 5.26 Å². The van der Waals surface area contributed by atoms with Crippen LogP contribution < -0.4 is 11.4 Å². The van der Waals surface area contributed by atoms with Crippen molar-refractivity contribution in [3.8, 4) is 17.5 Å². The molecule has 0 amide bonds. The van der Waals surface area contributed by atoms with E-state index in [1.165, 1.54) is 69.1 Å². The molecule has 0 saturated heterocycles. The maximum Gasteiger partial charge on any atom is 0.350 e. The first-order chi connectivity index (χ1) is 15.1. The highest BCUT2D eigenvalue weighted by Crippen LogP contribution is 2.33. The predicted molar refractivity (Wildman–Crippen MR) is 128 cm³/mol. The molecule has 0 fully saturated rings. The molecule has 2 N–H and O–H groups in total. The van der Waals surface area contributed by atoms with Gasteiger partial charge in [0.15, 0.2) is 0 Å². The van der Waals surface area contributed by atoms with Crippen molar-refractivity contribution in [2.45, 2.75) is 77.6 Å². The number of thiophene rings is 1. The minimum atomic E-state index is -0.451. The fourth-order valence-corrected chi connectivity index (χ4v) is 4.89. The summed E-state index contributed by atoms with van der Waals surface area (Å²) in [6.07, 6.45) is 13.8. The van der Waals surface area contributed by atoms with E-state index in [0.717, 1.165) is 17.7 Å². The molecule has 0 unspecified atom stereocenters. The van der Waals surface area contributed by atoms with Crippen LogP contribution in [0, 0.1) is 11.3 Å². The van der Waals surface area contributed by atoms with Gasteiger partial charge in [0.25, 0.3) is 0 Å². The number of aryl methyl sites for hydroxylation is 1. The maximum atomic E-state index is 12.5. The van der Waals surface area contributed by atoms with Crippen LogP contribution in [0.5, 0.6) is 0 Å². The van der Waals surface area contributed by atoms with Crippen molar-refractivity contribution < 1.29 is 4.42 Å². The van der Waals surface area contributed by atoms with E-state index in [1.54, 1.807) is 24.3 Å². The zero-order chi connectivity index (χ0) is 22.1. The van der Waals surface area contributed by atoms with Crippen molar-refractivity contribution >= 4 is 27.2 Å². The number of aromatic nitrogens is 1. The molecule has 3 rings (SSSR count). The zero-order valence-electron chi connectivity index (χ0n) is 18.3. The second-order valence-corrected chi connectivity index (χ2v) is 9.13. The molecule has 0 radical (unpaired) electrons. The summed E-state index contributed by atoms with van der Waals surface area (Å²) in [6, 6.07) is 8.91. The third-order valence-electron chi connectivity index (χ3n) is 5.62. The second kappa shape index (κ2) is 11.7. The van der Waals surface area contributed by atoms with Crippen LogP contribution in [0.25, 0.3) is 21.7 Å². The van der Waals surface area contributed by atoms with Gasteiger partial charge in [0, 0.05) is 10.4 Å². The number of rotatable bonds is 12. The summed E-state index contributed by atoms with van der Waals surface area (Å²) in [7, 11) is 0. The summed E-state index contributed by atoms with van der Waals surface area (Å²) in [5.74, 6) is 0.258. The van der Waals surface area contributed by atoms with E-state index >= 15 is 0 Å². The number of hydrogen-bond acceptors (Lipinski definition) is 6. The number of nitrogen functional groups attached to an aromatic ring is 1. The van der Waals surface area contributed by atoms with Crippen molar-refractivity contribution in [1.82, 2.24) is 4.98 Å². The Balaban J connectivity index is 1.56. The summed E-state index contributed by atoms with van der Waals surface area (Å²) in [5.41, 5.74) is 7.54. The van der Waals surface area contributed by atoms with E-state index in [0.29, 0.717) is 27.0 Å². The van der Waals surface area contributed by atoms with Crippen LogP contribution in [0.15, 0.2) is 33.5 Å². The molecule has 0 bridgehead atoms. The lowest BCUT2D eigenvalue weighted by atomic mass is 10.1. The van der Waals surface area contributed by atoms with Gasteiger partial charge in [-0.3, -0.25) is 0 Å². The minimum absolute atomic E-state index is 0.258. The third kappa shape index (κ3) is 6.18. The van der Waals surface area contributed by atoms with Crippen LogP contribution in [0.4, 0.5) is 5.69 Å². The lowest BCUT2D eigenvalue weighted by molar-refractivity contribution is 0.519. The van der Waals surface area contributed by atoms with Gasteiger partial charge in [0.2, 0.25) is 5.89 Å². The number of nitrogens with zero attached hydrogens (tertiary/aromatic N) is 2. The minimum Gasteiger partial charge on any atom is -0.403 e. The lowest BCUT2D eigenvalue weighted by Gasteiger charge is -2.02. The highest BCUT2D eigenvalue weighted by molar-refractivity contribution is 7.19. The average molecular weight is 438 g/mol. The Morgan fingerprint density at radius 1 is 1.00 bits per heavy atom. The van der Waals surface area contributed by atoms with Gasteiger partial charge >= 0.3 is 5.63 Å². The van der Waals surface area contributed by atoms with E-state index in [4.69, 9.17) is 15.4 Å². The van der Waals surface area contributed by atoms with Crippen molar-refractivity contribution in [2.24, 2.45) is 0 Å². The van der Waals surface area contributed by atoms with E-state index in [1.807, 2.05) is 0 Å². The van der Waals surface area contributed by atoms with Gasteiger partial charge in [0.05, 0.1) is 17.3 Å². The van der Waals surface area contributed by atoms with Gasteiger partial charge in [-0.25, -0.2) is 9.78 Å². The molecule has 0 aliphatic rings. The maximum absolute atomic E-state index is 12.5. The van der Waals surface area contributed by atoms with Crippen molar-refractivity contribution in [3.05, 3.63) is 45.1 Å². The van der Waals surface area contributed by atoms with Crippen molar-refractivity contribution in [2.75, 3.05) is 5.73 Å². The van der Waals surface area contributed by atoms with E-state index in [-0.39, 0.29) is 5.89 Å². The summed E-state index contributed by atoms with van der Waals surface area (Å²) in [5, 5.41) is 9.33. The summed E-state index contributed by atoms with van der Waals surface area (Å²) in [6.45, 7) is 2.25. The molecule has 0 aliphatic heterocycles. The topological polar surface area (TPSA) is 92.9 Å². The van der Waals surface area contributed by atoms with Crippen LogP contribution in [0.1, 0.15) is 81.6 Å². The molecule has 5 nitrogen and oxygen atoms in total. The first-order valence-electron chi connectivity index (χ1n) is 11.4. The van der Waals surface area contributed by atoms with Crippen molar-refractivity contribution in [3.63, 3.8) is 0 Å². The van der Waals surface area contributed by atoms with E-state index in [9.17, 15) is 4.79 Å². The lowest BCUT2D eigenvalue weighted by Crippen LogP contribution is -2.03. The van der Waals surface area contributed by atoms with Crippen LogP contribution in [0.2, 0.25) is 0 Å². The average Bonchev–Trinajstić information content (AvgIpc) is 3.11. The molecule has 31 heavy (non-hydrogen) atoms. The molecule has 0 atom stereocenters. The second-order valence-electron chi connectivity index (χ2n) is 8.05. The normalized spacial score (nSPS) is 11.1. The van der Waals surface area contributed by atoms with Gasteiger partial charge in [-0.05, 0) is 37.1 Å². The molecule has 6 heteroatoms. The molecule has 0 saturated carbocycles. The third-order valence-corrected chi connectivity index (χ3v) is 6.78. The number of nitrogens with two attached hydrogens (primary N) is 1. The zero-order valence-corrected chi connectivity index (χ0v) is 19.1. The summed E-state index contributed by atoms with van der Waals surface area (Å²) >= 11 is 1.49. The molecule has 0 spiro atoms. The van der Waals surface area contributed by atoms with E-state index < -0.39 is 5.63 Å². The predicted octanol–water partition coefficient (Wildman–Crippen LogP) is 6.83. The Labute approximate surface area is 187 Å². The quantitative estimate of drug-likeness (QED) is 0.313. The van der Waals surface area contributed by atoms with Gasteiger partial charge in [-0.2, -0.15) is 5.26 Å². The smallest absolute Gasteiger partial charge is 0.350 e. The van der Waals surface area contributed by atoms with Crippen LogP contribution in [0.3, 0.4) is 0 Å². The molecule has 3 aromatic rings. The van der Waals surface area contributed by atoms with Gasteiger partial charge in [0.1, 0.15) is 10.2 Å². The largest absolute Gasteiger partial charge is 0.403 e. The Kier molecular flexibility index (Phi) is 8.66. The summed E-state index contributed by atoms with van der Waals surface area (Å²) in [4.78, 5) is 18.7. The number of unbranched alkanes of at least 4 members (excludes halogenated alkanes) is 9. The molecule has 0 aliphatic carbocycles. The molecule has 2 aromatic heterocycles. The number of nitriles is 1. The molecular weight excluding hydrogens is 406 g/mol. The standard InChI is InChI=1S/C25H31N3O2S/c1-2-3-4-5-6-7-8-9-10-11-12-20-22(27)21-24(31-20)28-23(30-25(21)29)19-15-13-18(17-26)14-16-19/h13-16H,2-12,27H2,1H3. The molecule has 164 valence electrons. The van der Waals surface area contributed by atoms with Crippen LogP contribution in [-0.2, 0) is 6.42 Å². The molecular formula is C25H31N3O2S. The SMILES string of the molecule is CCCCCCCCCCCCc1sc2nc(-c3ccc(C#N)cc3)oc(=O)c2c1N. The first-order valence-corrected chi connectivity index (χ1v) is 12.2. The Hall–Kier alpha value is -2.65. The number of hydrogen-bond donors (Lipinski definition) is 1. The first kappa shape index (κ1) is 23.0. The van der Waals surface area contributed by atoms with Gasteiger partial charge < -0.3 is 10.2 Å². The Morgan fingerprint density at radius 3 is 2.23 bits per heavy atom. The Bertz CT molecular complexity index is 1080. The highest BCUT2D eigenvalue weighted by Gasteiger charge is 2.17.